The molecule has 3 aromatic rings. The van der Waals surface area contributed by atoms with Gasteiger partial charge in [0.15, 0.2) is 5.71 Å². The van der Waals surface area contributed by atoms with Crippen molar-refractivity contribution in [3.8, 4) is 11.5 Å². The summed E-state index contributed by atoms with van der Waals surface area (Å²) in [4.78, 5) is 0. The Hall–Kier alpha value is -3.58. The van der Waals surface area contributed by atoms with E-state index in [0.29, 0.717) is 22.8 Å². The number of allylic oxidation sites excluding steroid dienone is 4. The number of nitrogens with zero attached hydrogens (tertiary/aromatic N) is 1. The molecule has 0 fully saturated rings. The van der Waals surface area contributed by atoms with Crippen LogP contribution in [0.25, 0.3) is 6.08 Å². The van der Waals surface area contributed by atoms with Crippen LogP contribution in [0.5, 0.6) is 11.5 Å². The highest BCUT2D eigenvalue weighted by Crippen LogP contribution is 2.44. The quantitative estimate of drug-likeness (QED) is 0.254. The highest BCUT2D eigenvalue weighted by Gasteiger charge is 2.43. The fourth-order valence-corrected chi connectivity index (χ4v) is 6.32. The summed E-state index contributed by atoms with van der Waals surface area (Å²) in [6.07, 6.45) is 9.72. The average Bonchev–Trinajstić information content (AvgIpc) is 3.19. The van der Waals surface area contributed by atoms with E-state index in [4.69, 9.17) is 21.1 Å². The molecule has 2 N–H and O–H groups in total. The molecule has 6 rings (SSSR count). The molecular weight excluding hydrogens is 533 g/mol. The van der Waals surface area contributed by atoms with Crippen molar-refractivity contribution in [2.45, 2.75) is 52.1 Å². The molecule has 7 heteroatoms. The molecule has 3 aliphatic rings. The minimum Gasteiger partial charge on any atom is -0.487 e. The van der Waals surface area contributed by atoms with Crippen molar-refractivity contribution in [3.63, 3.8) is 0 Å². The van der Waals surface area contributed by atoms with Crippen LogP contribution in [0.4, 0.5) is 5.69 Å². The zero-order chi connectivity index (χ0) is 28.7. The van der Waals surface area contributed by atoms with Gasteiger partial charge in [0.25, 0.3) is 0 Å². The van der Waals surface area contributed by atoms with E-state index in [9.17, 15) is 10.0 Å². The summed E-state index contributed by atoms with van der Waals surface area (Å²) in [5, 5.41) is 19.2. The maximum Gasteiger partial charge on any atom is 0.488 e. The summed E-state index contributed by atoms with van der Waals surface area (Å²) in [7, 11) is -1.49. The van der Waals surface area contributed by atoms with Gasteiger partial charge in [-0.15, -0.1) is 0 Å². The van der Waals surface area contributed by atoms with E-state index in [1.165, 1.54) is 28.1 Å². The smallest absolute Gasteiger partial charge is 0.487 e. The van der Waals surface area contributed by atoms with Crippen molar-refractivity contribution < 1.29 is 24.1 Å². The molecule has 0 unspecified atom stereocenters. The van der Waals surface area contributed by atoms with Crippen LogP contribution in [0.2, 0.25) is 5.02 Å². The number of hydrogen-bond acceptors (Lipinski definition) is 4. The van der Waals surface area contributed by atoms with Gasteiger partial charge in [0.2, 0.25) is 5.69 Å². The lowest BCUT2D eigenvalue weighted by Crippen LogP contribution is -2.29. The van der Waals surface area contributed by atoms with Gasteiger partial charge < -0.3 is 19.5 Å². The molecule has 0 atom stereocenters. The monoisotopic (exact) mass is 566 g/mol. The van der Waals surface area contributed by atoms with Gasteiger partial charge in [0.1, 0.15) is 30.4 Å². The number of hydrogen-bond donors (Lipinski definition) is 2. The molecule has 208 valence electrons. The second-order valence-electron chi connectivity index (χ2n) is 11.3. The number of fused-ring (bicyclic) bond motifs is 3. The first-order valence-electron chi connectivity index (χ1n) is 14.2. The lowest BCUT2D eigenvalue weighted by atomic mass is 9.80. The number of benzene rings is 3. The van der Waals surface area contributed by atoms with Gasteiger partial charge in [-0.25, -0.2) is 0 Å². The normalized spacial score (nSPS) is 17.2. The van der Waals surface area contributed by atoms with E-state index < -0.39 is 7.12 Å². The molecule has 0 amide bonds. The first kappa shape index (κ1) is 27.6. The van der Waals surface area contributed by atoms with Gasteiger partial charge in [0, 0.05) is 29.3 Å². The number of halogens is 1. The first-order valence-corrected chi connectivity index (χ1v) is 14.6. The molecule has 2 aliphatic heterocycles. The molecule has 1 aliphatic carbocycles. The largest absolute Gasteiger partial charge is 0.488 e. The van der Waals surface area contributed by atoms with Gasteiger partial charge in [-0.3, -0.25) is 0 Å². The second kappa shape index (κ2) is 11.0. The van der Waals surface area contributed by atoms with Crippen LogP contribution < -0.4 is 14.9 Å². The van der Waals surface area contributed by atoms with Crippen molar-refractivity contribution in [1.29, 1.82) is 0 Å². The van der Waals surface area contributed by atoms with Crippen LogP contribution in [0, 0.1) is 0 Å². The molecular formula is C34H34BClNO4+. The highest BCUT2D eigenvalue weighted by molar-refractivity contribution is 6.58. The van der Waals surface area contributed by atoms with Gasteiger partial charge in [-0.1, -0.05) is 54.1 Å². The Labute approximate surface area is 246 Å². The zero-order valence-electron chi connectivity index (χ0n) is 23.7. The molecule has 0 radical (unpaired) electrons. The summed E-state index contributed by atoms with van der Waals surface area (Å²) in [6, 6.07) is 19.4. The van der Waals surface area contributed by atoms with E-state index in [1.54, 1.807) is 24.3 Å². The van der Waals surface area contributed by atoms with Crippen LogP contribution in [-0.2, 0) is 12.0 Å². The SMILES string of the molecule is CC[N+]1=C(/C=C/C2=C3Oc4cc(OCc5ccc(B(O)O)cc5)c(Cl)cc4C=C3CCC2)C(C)(C)c2ccccc21. The predicted molar refractivity (Wildman–Crippen MR) is 166 cm³/mol. The fraction of sp³-hybridized carbons (Fsp3) is 0.265. The summed E-state index contributed by atoms with van der Waals surface area (Å²) < 4.78 is 15.0. The van der Waals surface area contributed by atoms with E-state index in [2.05, 4.69) is 67.8 Å². The molecule has 0 aromatic heterocycles. The Morgan fingerprint density at radius 2 is 1.83 bits per heavy atom. The van der Waals surface area contributed by atoms with Crippen LogP contribution in [-0.4, -0.2) is 34.0 Å². The molecule has 0 spiro atoms. The number of para-hydroxylation sites is 1. The third-order valence-electron chi connectivity index (χ3n) is 8.31. The Morgan fingerprint density at radius 1 is 1.05 bits per heavy atom. The maximum absolute atomic E-state index is 9.32. The average molecular weight is 567 g/mol. The van der Waals surface area contributed by atoms with E-state index in [1.807, 2.05) is 12.1 Å². The molecule has 3 aromatic carbocycles. The first-order chi connectivity index (χ1) is 19.8. The minimum atomic E-state index is -1.49. The standard InChI is InChI=1S/C34H34BClNO4/c1-4-37-29-11-6-5-10-27(29)34(2,3)32(37)17-14-23-8-7-9-24-18-25-19-28(36)31(20-30(25)41-33(23)24)40-21-22-12-15-26(16-13-22)35(38)39/h5-6,10-20,38-39H,4,7-9,21H2,1-3H3/q+1/b17-14+. The molecule has 2 heterocycles. The second-order valence-corrected chi connectivity index (χ2v) is 11.7. The van der Waals surface area contributed by atoms with Gasteiger partial charge in [0.05, 0.1) is 10.4 Å². The van der Waals surface area contributed by atoms with Crippen molar-refractivity contribution in [2.24, 2.45) is 0 Å². The molecule has 0 saturated carbocycles. The van der Waals surface area contributed by atoms with Crippen molar-refractivity contribution in [2.75, 3.05) is 6.54 Å². The topological polar surface area (TPSA) is 61.9 Å². The zero-order valence-corrected chi connectivity index (χ0v) is 24.4. The molecule has 5 nitrogen and oxygen atoms in total. The van der Waals surface area contributed by atoms with E-state index in [0.717, 1.165) is 48.4 Å². The Kier molecular flexibility index (Phi) is 7.41. The van der Waals surface area contributed by atoms with Crippen LogP contribution in [0.1, 0.15) is 56.7 Å². The lowest BCUT2D eigenvalue weighted by molar-refractivity contribution is -0.433. The van der Waals surface area contributed by atoms with Crippen LogP contribution in [0.3, 0.4) is 0 Å². The maximum atomic E-state index is 9.32. The third-order valence-corrected chi connectivity index (χ3v) is 8.61. The Bertz CT molecular complexity index is 1630. The third kappa shape index (κ3) is 5.16. The summed E-state index contributed by atoms with van der Waals surface area (Å²) in [5.74, 6) is 2.20. The van der Waals surface area contributed by atoms with Crippen molar-refractivity contribution in [3.05, 3.63) is 111 Å². The summed E-state index contributed by atoms with van der Waals surface area (Å²) in [6.45, 7) is 8.01. The van der Waals surface area contributed by atoms with Gasteiger partial charge >= 0.3 is 7.12 Å². The van der Waals surface area contributed by atoms with E-state index in [-0.39, 0.29) is 5.41 Å². The highest BCUT2D eigenvalue weighted by atomic mass is 35.5. The van der Waals surface area contributed by atoms with E-state index >= 15 is 0 Å². The fourth-order valence-electron chi connectivity index (χ4n) is 6.10. The predicted octanol–water partition coefficient (Wildman–Crippen LogP) is 6.47. The van der Waals surface area contributed by atoms with Gasteiger partial charge in [-0.2, -0.15) is 4.58 Å². The summed E-state index contributed by atoms with van der Waals surface area (Å²) in [5.41, 5.74) is 8.54. The molecule has 0 saturated heterocycles. The Balaban J connectivity index is 1.27. The number of rotatable bonds is 7. The Morgan fingerprint density at radius 3 is 2.59 bits per heavy atom. The number of ether oxygens (including phenoxy) is 2. The van der Waals surface area contributed by atoms with Crippen molar-refractivity contribution >= 4 is 41.7 Å². The van der Waals surface area contributed by atoms with Crippen molar-refractivity contribution in [1.82, 2.24) is 0 Å². The summed E-state index contributed by atoms with van der Waals surface area (Å²) >= 11 is 6.61. The minimum absolute atomic E-state index is 0.0805. The van der Waals surface area contributed by atoms with Crippen LogP contribution >= 0.6 is 11.6 Å². The molecule has 0 bridgehead atoms. The lowest BCUT2D eigenvalue weighted by Gasteiger charge is -2.27. The van der Waals surface area contributed by atoms with Gasteiger partial charge in [-0.05, 0) is 80.4 Å². The van der Waals surface area contributed by atoms with Crippen LogP contribution in [0.15, 0.2) is 89.7 Å². The molecule has 41 heavy (non-hydrogen) atoms.